The first-order chi connectivity index (χ1) is 24.3. The molecule has 9 aromatic rings. The number of aromatic nitrogens is 3. The van der Waals surface area contributed by atoms with Gasteiger partial charge in [-0.1, -0.05) is 158 Å². The van der Waals surface area contributed by atoms with Gasteiger partial charge in [-0.05, 0) is 51.6 Å². The standard InChI is InChI=1S/C45H29N3S/c1-3-12-32(13-4-1)43-46-44(33-14-5-2-6-15-33)48-45(47-43)37-19-10-17-35(29-37)31-26-24-30(25-27-31)34-16-9-18-36(28-34)38-21-11-22-40-39-20-7-8-23-41(39)49-42(38)40/h1-29H. The van der Waals surface area contributed by atoms with Gasteiger partial charge in [0.1, 0.15) is 0 Å². The number of benzene rings is 7. The Bertz CT molecular complexity index is 2530. The zero-order valence-corrected chi connectivity index (χ0v) is 27.3. The molecule has 0 saturated heterocycles. The van der Waals surface area contributed by atoms with Gasteiger partial charge < -0.3 is 0 Å². The first kappa shape index (κ1) is 29.0. The zero-order valence-electron chi connectivity index (χ0n) is 26.5. The van der Waals surface area contributed by atoms with Gasteiger partial charge in [0.25, 0.3) is 0 Å². The SMILES string of the molecule is c1ccc(-c2nc(-c3ccccc3)nc(-c3cccc(-c4ccc(-c5cccc(-c6cccc7c6sc6ccccc67)c5)cc4)c3)n2)cc1. The molecule has 9 rings (SSSR count). The van der Waals surface area contributed by atoms with Crippen molar-refractivity contribution in [3.8, 4) is 67.5 Å². The predicted molar refractivity (Wildman–Crippen MR) is 205 cm³/mol. The molecule has 230 valence electrons. The summed E-state index contributed by atoms with van der Waals surface area (Å²) in [6, 6.07) is 61.7. The molecular formula is C45H29N3S. The Kier molecular flexibility index (Phi) is 7.34. The van der Waals surface area contributed by atoms with E-state index < -0.39 is 0 Å². The third-order valence-electron chi connectivity index (χ3n) is 8.95. The quantitative estimate of drug-likeness (QED) is 0.181. The van der Waals surface area contributed by atoms with Crippen LogP contribution in [0.1, 0.15) is 0 Å². The molecule has 0 N–H and O–H groups in total. The molecule has 3 nitrogen and oxygen atoms in total. The summed E-state index contributed by atoms with van der Waals surface area (Å²) in [5, 5.41) is 2.64. The van der Waals surface area contributed by atoms with Crippen molar-refractivity contribution in [3.63, 3.8) is 0 Å². The second-order valence-corrected chi connectivity index (χ2v) is 13.1. The summed E-state index contributed by atoms with van der Waals surface area (Å²) in [4.78, 5) is 14.7. The summed E-state index contributed by atoms with van der Waals surface area (Å²) in [7, 11) is 0. The summed E-state index contributed by atoms with van der Waals surface area (Å²) < 4.78 is 2.66. The van der Waals surface area contributed by atoms with Gasteiger partial charge in [0, 0.05) is 36.9 Å². The number of nitrogens with zero attached hydrogens (tertiary/aromatic N) is 3. The largest absolute Gasteiger partial charge is 0.208 e. The lowest BCUT2D eigenvalue weighted by Crippen LogP contribution is -2.00. The lowest BCUT2D eigenvalue weighted by atomic mass is 9.96. The topological polar surface area (TPSA) is 38.7 Å². The fourth-order valence-corrected chi connectivity index (χ4v) is 7.71. The number of hydrogen-bond acceptors (Lipinski definition) is 4. The van der Waals surface area contributed by atoms with E-state index in [1.54, 1.807) is 0 Å². The normalized spacial score (nSPS) is 11.3. The molecule has 49 heavy (non-hydrogen) atoms. The van der Waals surface area contributed by atoms with Crippen LogP contribution in [0.25, 0.3) is 87.7 Å². The van der Waals surface area contributed by atoms with Gasteiger partial charge in [-0.2, -0.15) is 0 Å². The smallest absolute Gasteiger partial charge is 0.164 e. The minimum absolute atomic E-state index is 0.650. The van der Waals surface area contributed by atoms with E-state index in [1.807, 2.05) is 72.0 Å². The summed E-state index contributed by atoms with van der Waals surface area (Å²) >= 11 is 1.87. The molecule has 0 aliphatic carbocycles. The van der Waals surface area contributed by atoms with Crippen LogP contribution < -0.4 is 0 Å². The Morgan fingerprint density at radius 2 is 0.755 bits per heavy atom. The Balaban J connectivity index is 1.05. The Morgan fingerprint density at radius 3 is 1.39 bits per heavy atom. The van der Waals surface area contributed by atoms with Crippen LogP contribution >= 0.6 is 11.3 Å². The van der Waals surface area contributed by atoms with Gasteiger partial charge in [0.15, 0.2) is 17.5 Å². The fourth-order valence-electron chi connectivity index (χ4n) is 6.47. The average Bonchev–Trinajstić information content (AvgIpc) is 3.58. The number of hydrogen-bond donors (Lipinski definition) is 0. The van der Waals surface area contributed by atoms with Crippen LogP contribution in [0.4, 0.5) is 0 Å². The maximum absolute atomic E-state index is 4.93. The van der Waals surface area contributed by atoms with E-state index in [1.165, 1.54) is 42.4 Å². The van der Waals surface area contributed by atoms with Gasteiger partial charge in [-0.3, -0.25) is 0 Å². The van der Waals surface area contributed by atoms with Crippen LogP contribution in [0.15, 0.2) is 176 Å². The summed E-state index contributed by atoms with van der Waals surface area (Å²) in [5.74, 6) is 1.96. The molecule has 0 fully saturated rings. The van der Waals surface area contributed by atoms with Crippen LogP contribution in [-0.2, 0) is 0 Å². The third kappa shape index (κ3) is 5.58. The van der Waals surface area contributed by atoms with Crippen LogP contribution in [0.3, 0.4) is 0 Å². The second kappa shape index (κ2) is 12.4. The highest BCUT2D eigenvalue weighted by molar-refractivity contribution is 7.26. The van der Waals surface area contributed by atoms with Crippen molar-refractivity contribution in [2.24, 2.45) is 0 Å². The highest BCUT2D eigenvalue weighted by Crippen LogP contribution is 2.40. The molecule has 0 spiro atoms. The molecule has 0 radical (unpaired) electrons. The molecule has 2 heterocycles. The van der Waals surface area contributed by atoms with Gasteiger partial charge in [0.2, 0.25) is 0 Å². The zero-order chi connectivity index (χ0) is 32.6. The molecule has 7 aromatic carbocycles. The van der Waals surface area contributed by atoms with Crippen molar-refractivity contribution in [1.82, 2.24) is 15.0 Å². The summed E-state index contributed by atoms with van der Waals surface area (Å²) in [6.45, 7) is 0. The fraction of sp³-hybridized carbons (Fsp3) is 0. The van der Waals surface area contributed by atoms with Crippen LogP contribution in [0, 0.1) is 0 Å². The lowest BCUT2D eigenvalue weighted by Gasteiger charge is -2.10. The Hall–Kier alpha value is -6.23. The number of rotatable bonds is 6. The monoisotopic (exact) mass is 643 g/mol. The van der Waals surface area contributed by atoms with E-state index in [-0.39, 0.29) is 0 Å². The first-order valence-corrected chi connectivity index (χ1v) is 17.2. The summed E-state index contributed by atoms with van der Waals surface area (Å²) in [5.41, 5.74) is 9.99. The molecular weight excluding hydrogens is 615 g/mol. The minimum atomic E-state index is 0.650. The molecule has 0 unspecified atom stereocenters. The van der Waals surface area contributed by atoms with Crippen LogP contribution in [0.2, 0.25) is 0 Å². The van der Waals surface area contributed by atoms with Crippen LogP contribution in [0.5, 0.6) is 0 Å². The van der Waals surface area contributed by atoms with Crippen molar-refractivity contribution >= 4 is 31.5 Å². The highest BCUT2D eigenvalue weighted by atomic mass is 32.1. The van der Waals surface area contributed by atoms with Crippen molar-refractivity contribution in [1.29, 1.82) is 0 Å². The van der Waals surface area contributed by atoms with Crippen molar-refractivity contribution in [2.75, 3.05) is 0 Å². The molecule has 0 atom stereocenters. The Labute approximate surface area is 288 Å². The van der Waals surface area contributed by atoms with E-state index in [4.69, 9.17) is 15.0 Å². The maximum Gasteiger partial charge on any atom is 0.164 e. The van der Waals surface area contributed by atoms with E-state index >= 15 is 0 Å². The van der Waals surface area contributed by atoms with E-state index in [0.717, 1.165) is 27.8 Å². The van der Waals surface area contributed by atoms with E-state index in [0.29, 0.717) is 17.5 Å². The lowest BCUT2D eigenvalue weighted by molar-refractivity contribution is 1.07. The average molecular weight is 644 g/mol. The van der Waals surface area contributed by atoms with Crippen LogP contribution in [-0.4, -0.2) is 15.0 Å². The second-order valence-electron chi connectivity index (χ2n) is 12.1. The van der Waals surface area contributed by atoms with Crippen molar-refractivity contribution in [2.45, 2.75) is 0 Å². The molecule has 0 amide bonds. The Morgan fingerprint density at radius 1 is 0.306 bits per heavy atom. The molecule has 4 heteroatoms. The molecule has 2 aromatic heterocycles. The molecule has 0 aliphatic heterocycles. The van der Waals surface area contributed by atoms with Crippen molar-refractivity contribution in [3.05, 3.63) is 176 Å². The van der Waals surface area contributed by atoms with Gasteiger partial charge in [0.05, 0.1) is 0 Å². The third-order valence-corrected chi connectivity index (χ3v) is 10.2. The minimum Gasteiger partial charge on any atom is -0.208 e. The molecule has 0 saturated carbocycles. The van der Waals surface area contributed by atoms with E-state index in [2.05, 4.69) is 115 Å². The predicted octanol–water partition coefficient (Wildman–Crippen LogP) is 12.2. The van der Waals surface area contributed by atoms with Gasteiger partial charge in [-0.15, -0.1) is 11.3 Å². The van der Waals surface area contributed by atoms with Gasteiger partial charge in [-0.25, -0.2) is 15.0 Å². The van der Waals surface area contributed by atoms with Crippen molar-refractivity contribution < 1.29 is 0 Å². The maximum atomic E-state index is 4.93. The number of thiophene rings is 1. The van der Waals surface area contributed by atoms with Gasteiger partial charge >= 0.3 is 0 Å². The molecule has 0 bridgehead atoms. The highest BCUT2D eigenvalue weighted by Gasteiger charge is 2.14. The summed E-state index contributed by atoms with van der Waals surface area (Å²) in [6.07, 6.45) is 0. The number of fused-ring (bicyclic) bond motifs is 3. The van der Waals surface area contributed by atoms with E-state index in [9.17, 15) is 0 Å². The first-order valence-electron chi connectivity index (χ1n) is 16.4. The molecule has 0 aliphatic rings.